The number of hydrogen-bond donors (Lipinski definition) is 1. The van der Waals surface area contributed by atoms with Gasteiger partial charge in [0, 0.05) is 22.6 Å². The second-order valence-corrected chi connectivity index (χ2v) is 4.46. The summed E-state index contributed by atoms with van der Waals surface area (Å²) in [4.78, 5) is 25.0. The molecule has 0 spiro atoms. The lowest BCUT2D eigenvalue weighted by atomic mass is 10.1. The van der Waals surface area contributed by atoms with E-state index in [4.69, 9.17) is 5.11 Å². The van der Waals surface area contributed by atoms with E-state index in [1.807, 2.05) is 0 Å². The van der Waals surface area contributed by atoms with Gasteiger partial charge in [0.25, 0.3) is 5.69 Å². The van der Waals surface area contributed by atoms with Crippen LogP contribution in [0.2, 0.25) is 0 Å². The Morgan fingerprint density at radius 2 is 2.22 bits per heavy atom. The molecule has 0 bridgehead atoms. The van der Waals surface area contributed by atoms with Crippen molar-refractivity contribution < 1.29 is 14.8 Å². The maximum atomic E-state index is 10.8. The number of aromatic nitrogens is 1. The van der Waals surface area contributed by atoms with Crippen molar-refractivity contribution in [2.75, 3.05) is 0 Å². The molecule has 0 atom stereocenters. The van der Waals surface area contributed by atoms with Crippen LogP contribution in [-0.4, -0.2) is 21.0 Å². The van der Waals surface area contributed by atoms with Crippen LogP contribution in [0, 0.1) is 17.0 Å². The molecule has 7 heteroatoms. The molecule has 0 aliphatic rings. The number of carbonyl (C=O) groups is 1. The monoisotopic (exact) mass is 264 g/mol. The first-order chi connectivity index (χ1) is 8.49. The minimum Gasteiger partial charge on any atom is -0.476 e. The topological polar surface area (TPSA) is 93.3 Å². The molecule has 2 aromatic rings. The zero-order valence-electron chi connectivity index (χ0n) is 9.28. The van der Waals surface area contributed by atoms with Gasteiger partial charge >= 0.3 is 5.97 Å². The molecule has 1 aromatic heterocycles. The van der Waals surface area contributed by atoms with E-state index in [0.717, 1.165) is 11.3 Å². The van der Waals surface area contributed by atoms with Crippen LogP contribution in [0.3, 0.4) is 0 Å². The van der Waals surface area contributed by atoms with Crippen LogP contribution in [0.1, 0.15) is 15.4 Å². The van der Waals surface area contributed by atoms with Crippen LogP contribution >= 0.6 is 11.3 Å². The summed E-state index contributed by atoms with van der Waals surface area (Å²) in [5, 5.41) is 21.1. The molecule has 0 saturated heterocycles. The van der Waals surface area contributed by atoms with Crippen LogP contribution in [0.4, 0.5) is 5.69 Å². The highest BCUT2D eigenvalue weighted by Crippen LogP contribution is 2.27. The summed E-state index contributed by atoms with van der Waals surface area (Å²) in [5.41, 5.74) is 1.52. The Kier molecular flexibility index (Phi) is 3.07. The van der Waals surface area contributed by atoms with Gasteiger partial charge in [-0.05, 0) is 6.92 Å². The number of benzene rings is 1. The maximum absolute atomic E-state index is 10.8. The molecule has 0 amide bonds. The third-order valence-corrected chi connectivity index (χ3v) is 3.22. The fourth-order valence-electron chi connectivity index (χ4n) is 1.47. The Bertz CT molecular complexity index is 636. The lowest BCUT2D eigenvalue weighted by Gasteiger charge is -2.00. The van der Waals surface area contributed by atoms with Gasteiger partial charge in [0.15, 0.2) is 0 Å². The number of carboxylic acid groups (broad SMARTS) is 1. The molecule has 0 radical (unpaired) electrons. The highest BCUT2D eigenvalue weighted by atomic mass is 32.1. The summed E-state index contributed by atoms with van der Waals surface area (Å²) in [6, 6.07) is 4.70. The van der Waals surface area contributed by atoms with Crippen molar-refractivity contribution in [3.8, 4) is 11.3 Å². The van der Waals surface area contributed by atoms with Crippen molar-refractivity contribution in [3.63, 3.8) is 0 Å². The van der Waals surface area contributed by atoms with Gasteiger partial charge < -0.3 is 5.11 Å². The minimum atomic E-state index is -1.10. The van der Waals surface area contributed by atoms with Crippen LogP contribution in [-0.2, 0) is 0 Å². The molecule has 18 heavy (non-hydrogen) atoms. The summed E-state index contributed by atoms with van der Waals surface area (Å²) in [5.74, 6) is -1.10. The molecule has 2 rings (SSSR count). The standard InChI is InChI=1S/C11H8N2O4S/c1-6-2-3-7(4-9(6)13(16)17)8-5-18-10(12-8)11(14)15/h2-5H,1H3,(H,14,15). The number of nitro benzene ring substituents is 1. The van der Waals surface area contributed by atoms with E-state index in [9.17, 15) is 14.9 Å². The molecule has 1 N–H and O–H groups in total. The number of nitrogens with zero attached hydrogens (tertiary/aromatic N) is 2. The van der Waals surface area contributed by atoms with Crippen molar-refractivity contribution in [2.24, 2.45) is 0 Å². The maximum Gasteiger partial charge on any atom is 0.365 e. The molecular formula is C11H8N2O4S. The molecule has 6 nitrogen and oxygen atoms in total. The molecular weight excluding hydrogens is 256 g/mol. The van der Waals surface area contributed by atoms with E-state index in [1.165, 1.54) is 6.07 Å². The van der Waals surface area contributed by atoms with E-state index in [1.54, 1.807) is 24.4 Å². The Hall–Kier alpha value is -2.28. The predicted octanol–water partition coefficient (Wildman–Crippen LogP) is 2.72. The quantitative estimate of drug-likeness (QED) is 0.679. The van der Waals surface area contributed by atoms with Crippen molar-refractivity contribution in [1.82, 2.24) is 4.98 Å². The number of rotatable bonds is 3. The second-order valence-electron chi connectivity index (χ2n) is 3.60. The third kappa shape index (κ3) is 2.21. The van der Waals surface area contributed by atoms with Gasteiger partial charge in [0.2, 0.25) is 5.01 Å². The van der Waals surface area contributed by atoms with Gasteiger partial charge in [0.05, 0.1) is 10.6 Å². The van der Waals surface area contributed by atoms with Crippen LogP contribution in [0.5, 0.6) is 0 Å². The van der Waals surface area contributed by atoms with Crippen LogP contribution in [0.25, 0.3) is 11.3 Å². The second kappa shape index (κ2) is 4.53. The number of thiazole rings is 1. The fourth-order valence-corrected chi connectivity index (χ4v) is 2.13. The molecule has 92 valence electrons. The lowest BCUT2D eigenvalue weighted by Crippen LogP contribution is -1.95. The Balaban J connectivity index is 2.47. The zero-order chi connectivity index (χ0) is 13.3. The smallest absolute Gasteiger partial charge is 0.365 e. The fraction of sp³-hybridized carbons (Fsp3) is 0.0909. The van der Waals surface area contributed by atoms with Crippen molar-refractivity contribution in [3.05, 3.63) is 44.3 Å². The van der Waals surface area contributed by atoms with Gasteiger partial charge in [-0.2, -0.15) is 0 Å². The van der Waals surface area contributed by atoms with Gasteiger partial charge in [-0.25, -0.2) is 9.78 Å². The largest absolute Gasteiger partial charge is 0.476 e. The van der Waals surface area contributed by atoms with Crippen molar-refractivity contribution >= 4 is 23.0 Å². The third-order valence-electron chi connectivity index (χ3n) is 2.39. The summed E-state index contributed by atoms with van der Waals surface area (Å²) in [6.45, 7) is 1.64. The number of aromatic carboxylic acids is 1. The van der Waals surface area contributed by atoms with Crippen LogP contribution in [0.15, 0.2) is 23.6 Å². The normalized spacial score (nSPS) is 10.3. The predicted molar refractivity (Wildman–Crippen MR) is 65.9 cm³/mol. The number of aryl methyl sites for hydroxylation is 1. The zero-order valence-corrected chi connectivity index (χ0v) is 10.1. The Morgan fingerprint density at radius 1 is 1.50 bits per heavy atom. The SMILES string of the molecule is Cc1ccc(-c2csc(C(=O)O)n2)cc1[N+](=O)[O-]. The van der Waals surface area contributed by atoms with Crippen LogP contribution < -0.4 is 0 Å². The summed E-state index contributed by atoms with van der Waals surface area (Å²) in [7, 11) is 0. The summed E-state index contributed by atoms with van der Waals surface area (Å²) in [6.07, 6.45) is 0. The van der Waals surface area contributed by atoms with Gasteiger partial charge in [-0.1, -0.05) is 12.1 Å². The average molecular weight is 264 g/mol. The van der Waals surface area contributed by atoms with Crippen molar-refractivity contribution in [2.45, 2.75) is 6.92 Å². The Morgan fingerprint density at radius 3 is 2.78 bits per heavy atom. The summed E-state index contributed by atoms with van der Waals surface area (Å²) < 4.78 is 0. The molecule has 0 unspecified atom stereocenters. The highest BCUT2D eigenvalue weighted by Gasteiger charge is 2.15. The average Bonchev–Trinajstić information content (AvgIpc) is 2.78. The first-order valence-electron chi connectivity index (χ1n) is 4.93. The minimum absolute atomic E-state index is 0.00243. The highest BCUT2D eigenvalue weighted by molar-refractivity contribution is 7.11. The Labute approximate surface area is 106 Å². The first kappa shape index (κ1) is 12.2. The van der Waals surface area contributed by atoms with E-state index in [-0.39, 0.29) is 10.7 Å². The number of hydrogen-bond acceptors (Lipinski definition) is 5. The molecule has 0 aliphatic carbocycles. The molecule has 0 saturated carbocycles. The lowest BCUT2D eigenvalue weighted by molar-refractivity contribution is -0.385. The molecule has 0 fully saturated rings. The van der Waals surface area contributed by atoms with E-state index in [0.29, 0.717) is 16.8 Å². The summed E-state index contributed by atoms with van der Waals surface area (Å²) >= 11 is 0.990. The molecule has 0 aliphatic heterocycles. The molecule has 1 heterocycles. The number of nitro groups is 1. The van der Waals surface area contributed by atoms with Gasteiger partial charge in [0.1, 0.15) is 0 Å². The van der Waals surface area contributed by atoms with E-state index < -0.39 is 10.9 Å². The van der Waals surface area contributed by atoms with E-state index >= 15 is 0 Å². The molecule has 1 aromatic carbocycles. The van der Waals surface area contributed by atoms with Gasteiger partial charge in [-0.15, -0.1) is 11.3 Å². The first-order valence-corrected chi connectivity index (χ1v) is 5.81. The van der Waals surface area contributed by atoms with Gasteiger partial charge in [-0.3, -0.25) is 10.1 Å². The van der Waals surface area contributed by atoms with Crippen molar-refractivity contribution in [1.29, 1.82) is 0 Å². The number of carboxylic acids is 1. The van der Waals surface area contributed by atoms with E-state index in [2.05, 4.69) is 4.98 Å².